The van der Waals surface area contributed by atoms with Crippen LogP contribution in [-0.2, 0) is 24.2 Å². The molecule has 4 aliphatic rings. The minimum absolute atomic E-state index is 0. The van der Waals surface area contributed by atoms with Gasteiger partial charge in [-0.3, -0.25) is 14.6 Å². The van der Waals surface area contributed by atoms with Gasteiger partial charge in [0.25, 0.3) is 11.8 Å². The van der Waals surface area contributed by atoms with Crippen LogP contribution in [0.25, 0.3) is 0 Å². The van der Waals surface area contributed by atoms with Crippen molar-refractivity contribution < 1.29 is 120 Å². The van der Waals surface area contributed by atoms with Crippen LogP contribution in [0, 0.1) is 5.92 Å². The molecule has 0 spiro atoms. The number of hydrogen-bond acceptors (Lipinski definition) is 16. The number of amides is 2. The Morgan fingerprint density at radius 2 is 1.35 bits per heavy atom. The second kappa shape index (κ2) is 19.6. The first-order chi connectivity index (χ1) is 25.0. The fourth-order valence-electron chi connectivity index (χ4n) is 7.34. The molecule has 17 nitrogen and oxygen atoms in total. The van der Waals surface area contributed by atoms with Gasteiger partial charge in [-0.1, -0.05) is 6.92 Å². The van der Waals surface area contributed by atoms with Gasteiger partial charge in [-0.25, -0.2) is 8.42 Å². The number of benzene rings is 2. The van der Waals surface area contributed by atoms with Gasteiger partial charge in [0, 0.05) is 32.3 Å². The number of carbonyl (C=O) groups excluding carboxylic acids is 2. The summed E-state index contributed by atoms with van der Waals surface area (Å²) in [5.74, 6) is 1.09. The number of carbonyl (C=O) groups is 2. The Balaban J connectivity index is 0.00000325. The van der Waals surface area contributed by atoms with Crippen molar-refractivity contribution in [3.05, 3.63) is 35.4 Å². The van der Waals surface area contributed by atoms with Crippen LogP contribution in [0.1, 0.15) is 59.7 Å². The van der Waals surface area contributed by atoms with E-state index in [1.165, 1.54) is 38.4 Å². The summed E-state index contributed by atoms with van der Waals surface area (Å²) in [6.45, 7) is 3.39. The van der Waals surface area contributed by atoms with E-state index in [9.17, 15) is 27.8 Å². The predicted octanol–water partition coefficient (Wildman–Crippen LogP) is -3.66. The topological polar surface area (TPSA) is 210 Å². The number of methoxy groups -OCH3 is 3. The summed E-state index contributed by atoms with van der Waals surface area (Å²) >= 11 is 0.820. The van der Waals surface area contributed by atoms with Crippen LogP contribution in [0.15, 0.2) is 24.3 Å². The fourth-order valence-corrected chi connectivity index (χ4v) is 8.94. The summed E-state index contributed by atoms with van der Waals surface area (Å²) in [6, 6.07) is 5.21. The van der Waals surface area contributed by atoms with Crippen LogP contribution >= 0.6 is 12.0 Å². The summed E-state index contributed by atoms with van der Waals surface area (Å²) in [4.78, 5) is 30.2. The van der Waals surface area contributed by atoms with E-state index in [1.54, 1.807) is 17.0 Å². The van der Waals surface area contributed by atoms with Crippen molar-refractivity contribution in [3.63, 3.8) is 0 Å². The minimum atomic E-state index is -4.85. The van der Waals surface area contributed by atoms with Gasteiger partial charge in [0.15, 0.2) is 23.0 Å². The van der Waals surface area contributed by atoms with E-state index in [2.05, 4.69) is 26.9 Å². The van der Waals surface area contributed by atoms with Crippen molar-refractivity contribution in [2.45, 2.75) is 68.0 Å². The molecule has 0 aromatic heterocycles. The number of hydrogen-bond donors (Lipinski definition) is 2. The Labute approximate surface area is 362 Å². The van der Waals surface area contributed by atoms with Gasteiger partial charge in [-0.15, -0.1) is 0 Å². The molecule has 2 amide bonds. The SMILES string of the molecule is COc1cc2c(cc1OCCCCCOc1cc3c(cc1OC)C(=O)N1CC(C)C[C@H]1[C@H](SOO[O-])N3)N[C@@H](S(=O)(=O)[O-])[C@@H]1CC(OC)CN1C2=O.[Na+].[Na+]. The van der Waals surface area contributed by atoms with E-state index in [0.29, 0.717) is 55.2 Å². The molecule has 2 aromatic carbocycles. The van der Waals surface area contributed by atoms with Crippen LogP contribution in [0.2, 0.25) is 0 Å². The molecule has 0 bridgehead atoms. The van der Waals surface area contributed by atoms with Crippen molar-refractivity contribution >= 4 is 45.4 Å². The van der Waals surface area contributed by atoms with Crippen LogP contribution in [-0.4, -0.2) is 111 Å². The number of anilines is 2. The third-order valence-electron chi connectivity index (χ3n) is 9.86. The largest absolute Gasteiger partial charge is 1.00 e. The van der Waals surface area contributed by atoms with Crippen LogP contribution in [0.5, 0.6) is 23.0 Å². The first kappa shape index (κ1) is 45.0. The molecule has 0 radical (unpaired) electrons. The second-order valence-corrected chi connectivity index (χ2v) is 15.5. The van der Waals surface area contributed by atoms with E-state index in [4.69, 9.17) is 23.7 Å². The molecule has 2 unspecified atom stereocenters. The summed E-state index contributed by atoms with van der Waals surface area (Å²) in [7, 11) is -0.436. The van der Waals surface area contributed by atoms with Gasteiger partial charge < -0.3 is 53.9 Å². The van der Waals surface area contributed by atoms with Crippen LogP contribution in [0.4, 0.5) is 11.4 Å². The van der Waals surface area contributed by atoms with E-state index < -0.39 is 38.9 Å². The van der Waals surface area contributed by atoms with Crippen molar-refractivity contribution in [2.75, 3.05) is 58.3 Å². The van der Waals surface area contributed by atoms with Crippen molar-refractivity contribution in [1.29, 1.82) is 0 Å². The molecule has 2 saturated heterocycles. The monoisotopic (exact) mass is 812 g/mol. The van der Waals surface area contributed by atoms with Crippen molar-refractivity contribution in [3.8, 4) is 23.0 Å². The summed E-state index contributed by atoms with van der Waals surface area (Å²) in [5.41, 5.74) is 1.27. The predicted molar refractivity (Wildman–Crippen MR) is 184 cm³/mol. The number of rotatable bonds is 15. The Morgan fingerprint density at radius 1 is 0.796 bits per heavy atom. The van der Waals surface area contributed by atoms with Crippen molar-refractivity contribution in [1.82, 2.24) is 9.80 Å². The molecule has 6 atom stereocenters. The molecule has 0 saturated carbocycles. The smallest absolute Gasteiger partial charge is 0.746 e. The molecule has 54 heavy (non-hydrogen) atoms. The first-order valence-electron chi connectivity index (χ1n) is 16.9. The number of unbranched alkanes of at least 4 members (excludes halogenated alkanes) is 2. The van der Waals surface area contributed by atoms with E-state index >= 15 is 0 Å². The Hall–Kier alpha value is -1.72. The molecule has 2 aromatic rings. The maximum atomic E-state index is 13.5. The maximum absolute atomic E-state index is 13.5. The minimum Gasteiger partial charge on any atom is -0.746 e. The van der Waals surface area contributed by atoms with Gasteiger partial charge in [-0.2, -0.15) is 4.33 Å². The third-order valence-corrected chi connectivity index (χ3v) is 11.7. The van der Waals surface area contributed by atoms with E-state index in [1.807, 2.05) is 0 Å². The molecular weight excluding hydrogens is 770 g/mol. The number of nitrogens with one attached hydrogen (secondary N) is 2. The van der Waals surface area contributed by atoms with Crippen molar-refractivity contribution in [2.24, 2.45) is 5.92 Å². The molecule has 2 fully saturated rings. The van der Waals surface area contributed by atoms with E-state index in [0.717, 1.165) is 18.5 Å². The average molecular weight is 813 g/mol. The van der Waals surface area contributed by atoms with Gasteiger partial charge >= 0.3 is 59.1 Å². The molecule has 286 valence electrons. The number of ether oxygens (including phenoxy) is 5. The number of nitrogens with zero attached hydrogens (tertiary/aromatic N) is 2. The first-order valence-corrected chi connectivity index (χ1v) is 19.2. The van der Waals surface area contributed by atoms with Gasteiger partial charge in [0.2, 0.25) is 0 Å². The standard InChI is InChI=1S/C33H44N4O13S2.2Na/c1-18-10-24-30(51-50-49-40)34-22-14-28(26(45-3)12-20(22)32(38)36(24)16-18)47-8-6-5-7-9-48-29-15-23-21(13-27(29)46-4)33(39)37-17-19(44-2)11-25(37)31(35-23)52(41,42)43;;/h12-15,18-19,24-25,30-31,34-35,40H,5-11,16-17H2,1-4H3,(H,41,42,43);;/q;2*+1/p-2/t18?,19?,24-,25-,30-,31-;;/m0../s1. The zero-order valence-corrected chi connectivity index (χ0v) is 36.8. The summed E-state index contributed by atoms with van der Waals surface area (Å²) < 4.78 is 70.1. The van der Waals surface area contributed by atoms with E-state index in [-0.39, 0.29) is 119 Å². The molecular formula is C33H42N4Na2O13S2. The summed E-state index contributed by atoms with van der Waals surface area (Å²) in [5, 5.41) is 18.3. The molecule has 2 N–H and O–H groups in total. The van der Waals surface area contributed by atoms with Gasteiger partial charge in [0.05, 0.1) is 80.2 Å². The van der Waals surface area contributed by atoms with Crippen LogP contribution < -0.4 is 94.0 Å². The van der Waals surface area contributed by atoms with Gasteiger partial charge in [0.1, 0.15) is 20.9 Å². The van der Waals surface area contributed by atoms with Gasteiger partial charge in [-0.05, 0) is 50.2 Å². The molecule has 4 heterocycles. The zero-order chi connectivity index (χ0) is 37.2. The molecule has 21 heteroatoms. The normalized spacial score (nSPS) is 24.3. The average Bonchev–Trinajstić information content (AvgIpc) is 3.69. The molecule has 6 rings (SSSR count). The summed E-state index contributed by atoms with van der Waals surface area (Å²) in [6.07, 6.45) is 2.51. The number of fused-ring (bicyclic) bond motifs is 4. The molecule has 0 aliphatic carbocycles. The van der Waals surface area contributed by atoms with Crippen LogP contribution in [0.3, 0.4) is 0 Å². The fraction of sp³-hybridized carbons (Fsp3) is 0.576. The second-order valence-electron chi connectivity index (χ2n) is 13.2. The maximum Gasteiger partial charge on any atom is 1.00 e. The zero-order valence-electron chi connectivity index (χ0n) is 31.2. The Morgan fingerprint density at radius 3 is 1.87 bits per heavy atom. The quantitative estimate of drug-likeness (QED) is 0.0444. The third kappa shape index (κ3) is 9.69. The Bertz CT molecular complexity index is 1760. The Kier molecular flexibility index (Phi) is 16.3. The molecule has 4 aliphatic heterocycles.